The molecule has 0 aliphatic carbocycles. The van der Waals surface area contributed by atoms with Crippen LogP contribution in [0.1, 0.15) is 21.6 Å². The minimum Gasteiger partial charge on any atom is -0.478 e. The van der Waals surface area contributed by atoms with Crippen LogP contribution >= 0.6 is 0 Å². The predicted octanol–water partition coefficient (Wildman–Crippen LogP) is 2.42. The molecule has 1 aromatic heterocycles. The van der Waals surface area contributed by atoms with Crippen molar-refractivity contribution in [2.24, 2.45) is 0 Å². The van der Waals surface area contributed by atoms with Crippen LogP contribution < -0.4 is 5.32 Å². The molecule has 0 unspecified atom stereocenters. The number of aromatic carboxylic acids is 1. The SMILES string of the molecule is Cc1nc(NCCc2cc(F)cc(F)c2)ncc1C(=O)O. The Morgan fingerprint density at radius 3 is 2.52 bits per heavy atom. The molecule has 2 aromatic rings. The van der Waals surface area contributed by atoms with Gasteiger partial charge < -0.3 is 10.4 Å². The summed E-state index contributed by atoms with van der Waals surface area (Å²) in [5.41, 5.74) is 0.892. The number of aromatic nitrogens is 2. The topological polar surface area (TPSA) is 75.1 Å². The summed E-state index contributed by atoms with van der Waals surface area (Å²) in [6.45, 7) is 1.94. The Bertz CT molecular complexity index is 657. The van der Waals surface area contributed by atoms with Crippen LogP contribution in [0.25, 0.3) is 0 Å². The maximum atomic E-state index is 13.0. The minimum absolute atomic E-state index is 0.0350. The summed E-state index contributed by atoms with van der Waals surface area (Å²) in [5, 5.41) is 11.7. The van der Waals surface area contributed by atoms with Gasteiger partial charge in [0, 0.05) is 18.8 Å². The number of carbonyl (C=O) groups is 1. The van der Waals surface area contributed by atoms with Crippen molar-refractivity contribution >= 4 is 11.9 Å². The maximum Gasteiger partial charge on any atom is 0.339 e. The largest absolute Gasteiger partial charge is 0.478 e. The molecule has 0 spiro atoms. The lowest BCUT2D eigenvalue weighted by Crippen LogP contribution is -2.11. The number of rotatable bonds is 5. The molecule has 5 nitrogen and oxygen atoms in total. The zero-order valence-electron chi connectivity index (χ0n) is 11.2. The van der Waals surface area contributed by atoms with E-state index in [0.717, 1.165) is 6.07 Å². The van der Waals surface area contributed by atoms with Crippen LogP contribution in [0.2, 0.25) is 0 Å². The number of nitrogens with zero attached hydrogens (tertiary/aromatic N) is 2. The van der Waals surface area contributed by atoms with E-state index < -0.39 is 17.6 Å². The molecule has 7 heteroatoms. The Balaban J connectivity index is 1.97. The van der Waals surface area contributed by atoms with Crippen LogP contribution in [-0.4, -0.2) is 27.6 Å². The summed E-state index contributed by atoms with van der Waals surface area (Å²) >= 11 is 0. The molecule has 0 bridgehead atoms. The van der Waals surface area contributed by atoms with Gasteiger partial charge in [-0.25, -0.2) is 23.5 Å². The highest BCUT2D eigenvalue weighted by Gasteiger charge is 2.09. The van der Waals surface area contributed by atoms with Crippen LogP contribution in [0.3, 0.4) is 0 Å². The van der Waals surface area contributed by atoms with Gasteiger partial charge in [0.2, 0.25) is 5.95 Å². The second-order valence-electron chi connectivity index (χ2n) is 4.45. The fourth-order valence-corrected chi connectivity index (χ4v) is 1.84. The van der Waals surface area contributed by atoms with E-state index in [1.807, 2.05) is 0 Å². The highest BCUT2D eigenvalue weighted by Crippen LogP contribution is 2.10. The van der Waals surface area contributed by atoms with Crippen molar-refractivity contribution < 1.29 is 18.7 Å². The smallest absolute Gasteiger partial charge is 0.339 e. The number of carboxylic acid groups (broad SMARTS) is 1. The van der Waals surface area contributed by atoms with Gasteiger partial charge in [0.25, 0.3) is 0 Å². The van der Waals surface area contributed by atoms with Crippen molar-refractivity contribution in [2.75, 3.05) is 11.9 Å². The zero-order chi connectivity index (χ0) is 15.4. The number of benzene rings is 1. The Labute approximate surface area is 119 Å². The standard InChI is InChI=1S/C14H13F2N3O2/c1-8-12(13(20)21)7-18-14(19-8)17-3-2-9-4-10(15)6-11(16)5-9/h4-7H,2-3H2,1H3,(H,20,21)(H,17,18,19). The van der Waals surface area contributed by atoms with Crippen LogP contribution in [0.4, 0.5) is 14.7 Å². The first kappa shape index (κ1) is 14.8. The average Bonchev–Trinajstić information content (AvgIpc) is 2.37. The van der Waals surface area contributed by atoms with Gasteiger partial charge in [0.05, 0.1) is 11.3 Å². The van der Waals surface area contributed by atoms with Gasteiger partial charge in [-0.15, -0.1) is 0 Å². The Morgan fingerprint density at radius 2 is 1.95 bits per heavy atom. The third-order valence-electron chi connectivity index (χ3n) is 2.83. The lowest BCUT2D eigenvalue weighted by Gasteiger charge is -2.07. The summed E-state index contributed by atoms with van der Waals surface area (Å²) in [5.74, 6) is -2.06. The van der Waals surface area contributed by atoms with E-state index in [0.29, 0.717) is 24.2 Å². The highest BCUT2D eigenvalue weighted by molar-refractivity contribution is 5.88. The van der Waals surface area contributed by atoms with E-state index in [2.05, 4.69) is 15.3 Å². The van der Waals surface area contributed by atoms with Crippen molar-refractivity contribution in [3.8, 4) is 0 Å². The molecule has 0 atom stereocenters. The van der Waals surface area contributed by atoms with E-state index in [1.54, 1.807) is 6.92 Å². The quantitative estimate of drug-likeness (QED) is 0.885. The van der Waals surface area contributed by atoms with Crippen molar-refractivity contribution in [1.82, 2.24) is 9.97 Å². The molecule has 0 fully saturated rings. The summed E-state index contributed by atoms with van der Waals surface area (Å²) in [7, 11) is 0. The first-order valence-corrected chi connectivity index (χ1v) is 6.21. The molecule has 0 aliphatic rings. The lowest BCUT2D eigenvalue weighted by molar-refractivity contribution is 0.0695. The first-order chi connectivity index (χ1) is 9.95. The van der Waals surface area contributed by atoms with Crippen molar-refractivity contribution in [3.05, 3.63) is 52.9 Å². The molecule has 2 rings (SSSR count). The normalized spacial score (nSPS) is 10.4. The second kappa shape index (κ2) is 6.25. The number of hydrogen-bond donors (Lipinski definition) is 2. The Hall–Kier alpha value is -2.57. The monoisotopic (exact) mass is 293 g/mol. The summed E-state index contributed by atoms with van der Waals surface area (Å²) in [6.07, 6.45) is 1.60. The van der Waals surface area contributed by atoms with Crippen molar-refractivity contribution in [1.29, 1.82) is 0 Å². The number of carboxylic acids is 1. The number of anilines is 1. The molecule has 0 saturated heterocycles. The van der Waals surface area contributed by atoms with Gasteiger partial charge in [-0.3, -0.25) is 0 Å². The second-order valence-corrected chi connectivity index (χ2v) is 4.45. The molecule has 110 valence electrons. The minimum atomic E-state index is -1.09. The van der Waals surface area contributed by atoms with Crippen molar-refractivity contribution in [2.45, 2.75) is 13.3 Å². The first-order valence-electron chi connectivity index (χ1n) is 6.21. The van der Waals surface area contributed by atoms with E-state index in [-0.39, 0.29) is 11.5 Å². The third kappa shape index (κ3) is 3.95. The van der Waals surface area contributed by atoms with Crippen LogP contribution in [0.15, 0.2) is 24.4 Å². The average molecular weight is 293 g/mol. The van der Waals surface area contributed by atoms with E-state index in [9.17, 15) is 13.6 Å². The van der Waals surface area contributed by atoms with Gasteiger partial charge in [-0.05, 0) is 31.0 Å². The summed E-state index contributed by atoms with van der Waals surface area (Å²) in [4.78, 5) is 18.7. The van der Waals surface area contributed by atoms with Crippen LogP contribution in [-0.2, 0) is 6.42 Å². The number of hydrogen-bond acceptors (Lipinski definition) is 4. The summed E-state index contributed by atoms with van der Waals surface area (Å²) < 4.78 is 26.0. The van der Waals surface area contributed by atoms with E-state index >= 15 is 0 Å². The lowest BCUT2D eigenvalue weighted by atomic mass is 10.1. The van der Waals surface area contributed by atoms with Gasteiger partial charge in [0.15, 0.2) is 0 Å². The van der Waals surface area contributed by atoms with Crippen LogP contribution in [0.5, 0.6) is 0 Å². The number of halogens is 2. The molecular formula is C14H13F2N3O2. The molecule has 21 heavy (non-hydrogen) atoms. The molecule has 1 heterocycles. The zero-order valence-corrected chi connectivity index (χ0v) is 11.2. The van der Waals surface area contributed by atoms with Gasteiger partial charge in [-0.1, -0.05) is 0 Å². The molecule has 0 saturated carbocycles. The molecule has 0 amide bonds. The molecule has 2 N–H and O–H groups in total. The maximum absolute atomic E-state index is 13.0. The summed E-state index contributed by atoms with van der Waals surface area (Å²) in [6, 6.07) is 3.32. The molecule has 0 aliphatic heterocycles. The Kier molecular flexibility index (Phi) is 4.42. The third-order valence-corrected chi connectivity index (χ3v) is 2.83. The predicted molar refractivity (Wildman–Crippen MR) is 72.3 cm³/mol. The number of nitrogens with one attached hydrogen (secondary N) is 1. The Morgan fingerprint density at radius 1 is 1.29 bits per heavy atom. The number of aryl methyl sites for hydroxylation is 1. The van der Waals surface area contributed by atoms with Gasteiger partial charge in [-0.2, -0.15) is 0 Å². The van der Waals surface area contributed by atoms with E-state index in [1.165, 1.54) is 18.3 Å². The van der Waals surface area contributed by atoms with Gasteiger partial charge in [0.1, 0.15) is 11.6 Å². The van der Waals surface area contributed by atoms with E-state index in [4.69, 9.17) is 5.11 Å². The van der Waals surface area contributed by atoms with Gasteiger partial charge >= 0.3 is 5.97 Å². The highest BCUT2D eigenvalue weighted by atomic mass is 19.1. The molecule has 0 radical (unpaired) electrons. The molecule has 1 aromatic carbocycles. The van der Waals surface area contributed by atoms with Crippen molar-refractivity contribution in [3.63, 3.8) is 0 Å². The van der Waals surface area contributed by atoms with Crippen LogP contribution in [0, 0.1) is 18.6 Å². The fourth-order valence-electron chi connectivity index (χ4n) is 1.84. The fraction of sp³-hybridized carbons (Fsp3) is 0.214. The molecular weight excluding hydrogens is 280 g/mol.